The van der Waals surface area contributed by atoms with Crippen molar-refractivity contribution in [3.63, 3.8) is 0 Å². The molecule has 1 aromatic heterocycles. The van der Waals surface area contributed by atoms with Crippen LogP contribution in [-0.2, 0) is 0 Å². The predicted octanol–water partition coefficient (Wildman–Crippen LogP) is 2.76. The summed E-state index contributed by atoms with van der Waals surface area (Å²) in [6, 6.07) is 11.0. The molecule has 0 saturated carbocycles. The van der Waals surface area contributed by atoms with Crippen molar-refractivity contribution in [3.8, 4) is 5.75 Å². The van der Waals surface area contributed by atoms with Gasteiger partial charge in [0.05, 0.1) is 7.11 Å². The third-order valence-electron chi connectivity index (χ3n) is 3.25. The van der Waals surface area contributed by atoms with Gasteiger partial charge in [0.1, 0.15) is 5.75 Å². The Kier molecular flexibility index (Phi) is 5.30. The van der Waals surface area contributed by atoms with Crippen LogP contribution in [0.15, 0.2) is 36.4 Å². The zero-order valence-electron chi connectivity index (χ0n) is 13.0. The molecule has 0 aliphatic rings. The molecular formula is C16H20N4O2. The number of anilines is 2. The number of ether oxygens (including phenoxy) is 1. The molecule has 1 unspecified atom stereocenters. The summed E-state index contributed by atoms with van der Waals surface area (Å²) in [5.74, 6) is 1.15. The Morgan fingerprint density at radius 1 is 1.18 bits per heavy atom. The van der Waals surface area contributed by atoms with Gasteiger partial charge in [0.2, 0.25) is 0 Å². The molecule has 1 heterocycles. The highest BCUT2D eigenvalue weighted by molar-refractivity contribution is 5.92. The second kappa shape index (κ2) is 7.40. The average Bonchev–Trinajstić information content (AvgIpc) is 2.56. The van der Waals surface area contributed by atoms with E-state index in [-0.39, 0.29) is 11.9 Å². The molecule has 0 radical (unpaired) electrons. The van der Waals surface area contributed by atoms with Gasteiger partial charge in [0, 0.05) is 11.7 Å². The highest BCUT2D eigenvalue weighted by Gasteiger charge is 2.10. The van der Waals surface area contributed by atoms with Crippen molar-refractivity contribution < 1.29 is 9.53 Å². The molecule has 116 valence electrons. The van der Waals surface area contributed by atoms with Crippen molar-refractivity contribution in [2.75, 3.05) is 12.4 Å². The monoisotopic (exact) mass is 300 g/mol. The molecule has 2 aromatic rings. The maximum absolute atomic E-state index is 11.9. The molecule has 2 rings (SSSR count). The lowest BCUT2D eigenvalue weighted by Gasteiger charge is -2.10. The SMILES string of the molecule is CCC(C)NC(=O)c1ccc(Nc2ccc(OC)cc2)nn1. The normalized spacial score (nSPS) is 11.6. The second-order valence-electron chi connectivity index (χ2n) is 4.94. The van der Waals surface area contributed by atoms with Crippen molar-refractivity contribution >= 4 is 17.4 Å². The molecule has 0 aliphatic heterocycles. The van der Waals surface area contributed by atoms with Crippen molar-refractivity contribution in [2.45, 2.75) is 26.3 Å². The number of hydrogen-bond acceptors (Lipinski definition) is 5. The summed E-state index contributed by atoms with van der Waals surface area (Å²) in [5, 5.41) is 13.9. The molecule has 0 saturated heterocycles. The van der Waals surface area contributed by atoms with E-state index in [1.807, 2.05) is 38.1 Å². The van der Waals surface area contributed by atoms with E-state index in [9.17, 15) is 4.79 Å². The summed E-state index contributed by atoms with van der Waals surface area (Å²) in [6.45, 7) is 3.96. The number of rotatable bonds is 6. The van der Waals surface area contributed by atoms with Gasteiger partial charge in [-0.1, -0.05) is 6.92 Å². The lowest BCUT2D eigenvalue weighted by Crippen LogP contribution is -2.32. The van der Waals surface area contributed by atoms with Gasteiger partial charge in [-0.3, -0.25) is 4.79 Å². The van der Waals surface area contributed by atoms with Crippen LogP contribution in [0.3, 0.4) is 0 Å². The summed E-state index contributed by atoms with van der Waals surface area (Å²) >= 11 is 0. The van der Waals surface area contributed by atoms with Gasteiger partial charge >= 0.3 is 0 Å². The van der Waals surface area contributed by atoms with Crippen LogP contribution in [0.5, 0.6) is 5.75 Å². The lowest BCUT2D eigenvalue weighted by molar-refractivity contribution is 0.0933. The topological polar surface area (TPSA) is 76.1 Å². The molecule has 1 aromatic carbocycles. The zero-order valence-corrected chi connectivity index (χ0v) is 13.0. The Balaban J connectivity index is 2.00. The van der Waals surface area contributed by atoms with Gasteiger partial charge in [-0.05, 0) is 49.7 Å². The zero-order chi connectivity index (χ0) is 15.9. The summed E-state index contributed by atoms with van der Waals surface area (Å²) < 4.78 is 5.10. The van der Waals surface area contributed by atoms with Crippen molar-refractivity contribution in [1.29, 1.82) is 0 Å². The molecule has 1 amide bonds. The van der Waals surface area contributed by atoms with E-state index < -0.39 is 0 Å². The maximum Gasteiger partial charge on any atom is 0.272 e. The molecule has 0 bridgehead atoms. The van der Waals surface area contributed by atoms with Crippen molar-refractivity contribution in [3.05, 3.63) is 42.1 Å². The van der Waals surface area contributed by atoms with E-state index in [1.54, 1.807) is 19.2 Å². The molecule has 1 atom stereocenters. The van der Waals surface area contributed by atoms with Crippen molar-refractivity contribution in [2.24, 2.45) is 0 Å². The second-order valence-corrected chi connectivity index (χ2v) is 4.94. The van der Waals surface area contributed by atoms with Crippen LogP contribution in [0.2, 0.25) is 0 Å². The van der Waals surface area contributed by atoms with Crippen LogP contribution < -0.4 is 15.4 Å². The predicted molar refractivity (Wildman–Crippen MR) is 85.5 cm³/mol. The van der Waals surface area contributed by atoms with Crippen LogP contribution in [0.1, 0.15) is 30.8 Å². The Morgan fingerprint density at radius 3 is 2.45 bits per heavy atom. The Labute approximate surface area is 129 Å². The minimum absolute atomic E-state index is 0.117. The fourth-order valence-corrected chi connectivity index (χ4v) is 1.74. The lowest BCUT2D eigenvalue weighted by atomic mass is 10.2. The Bertz CT molecular complexity index is 611. The Morgan fingerprint density at radius 2 is 1.91 bits per heavy atom. The third-order valence-corrected chi connectivity index (χ3v) is 3.25. The molecular weight excluding hydrogens is 280 g/mol. The molecule has 22 heavy (non-hydrogen) atoms. The van der Waals surface area contributed by atoms with Gasteiger partial charge in [-0.2, -0.15) is 0 Å². The number of benzene rings is 1. The number of amides is 1. The van der Waals surface area contributed by atoms with E-state index in [2.05, 4.69) is 20.8 Å². The summed E-state index contributed by atoms with van der Waals surface area (Å²) in [4.78, 5) is 11.9. The summed E-state index contributed by atoms with van der Waals surface area (Å²) in [7, 11) is 1.62. The fourth-order valence-electron chi connectivity index (χ4n) is 1.74. The van der Waals surface area contributed by atoms with Crippen LogP contribution in [0, 0.1) is 0 Å². The number of carbonyl (C=O) groups excluding carboxylic acids is 1. The first-order chi connectivity index (χ1) is 10.6. The van der Waals surface area contributed by atoms with Gasteiger partial charge in [-0.25, -0.2) is 0 Å². The molecule has 2 N–H and O–H groups in total. The van der Waals surface area contributed by atoms with Gasteiger partial charge in [0.15, 0.2) is 11.5 Å². The van der Waals surface area contributed by atoms with Gasteiger partial charge in [0.25, 0.3) is 5.91 Å². The Hall–Kier alpha value is -2.63. The highest BCUT2D eigenvalue weighted by atomic mass is 16.5. The standard InChI is InChI=1S/C16H20N4O2/c1-4-11(2)17-16(21)14-9-10-15(20-19-14)18-12-5-7-13(22-3)8-6-12/h5-11H,4H2,1-3H3,(H,17,21)(H,18,20). The summed E-state index contributed by atoms with van der Waals surface area (Å²) in [5.41, 5.74) is 1.17. The quantitative estimate of drug-likeness (QED) is 0.858. The molecule has 0 fully saturated rings. The first kappa shape index (κ1) is 15.8. The number of aromatic nitrogens is 2. The van der Waals surface area contributed by atoms with E-state index >= 15 is 0 Å². The largest absolute Gasteiger partial charge is 0.497 e. The number of carbonyl (C=O) groups is 1. The van der Waals surface area contributed by atoms with E-state index in [4.69, 9.17) is 4.74 Å². The smallest absolute Gasteiger partial charge is 0.272 e. The molecule has 0 spiro atoms. The van der Waals surface area contributed by atoms with Crippen molar-refractivity contribution in [1.82, 2.24) is 15.5 Å². The first-order valence-electron chi connectivity index (χ1n) is 7.18. The first-order valence-corrected chi connectivity index (χ1v) is 7.18. The molecule has 0 aliphatic carbocycles. The van der Waals surface area contributed by atoms with E-state index in [0.29, 0.717) is 11.5 Å². The number of nitrogens with one attached hydrogen (secondary N) is 2. The maximum atomic E-state index is 11.9. The minimum Gasteiger partial charge on any atom is -0.497 e. The highest BCUT2D eigenvalue weighted by Crippen LogP contribution is 2.18. The van der Waals surface area contributed by atoms with Crippen LogP contribution >= 0.6 is 0 Å². The van der Waals surface area contributed by atoms with Crippen LogP contribution in [0.25, 0.3) is 0 Å². The van der Waals surface area contributed by atoms with E-state index in [1.165, 1.54) is 0 Å². The van der Waals surface area contributed by atoms with Crippen LogP contribution in [0.4, 0.5) is 11.5 Å². The minimum atomic E-state index is -0.210. The van der Waals surface area contributed by atoms with Gasteiger partial charge < -0.3 is 15.4 Å². The number of hydrogen-bond donors (Lipinski definition) is 2. The van der Waals surface area contributed by atoms with Gasteiger partial charge in [-0.15, -0.1) is 10.2 Å². The molecule has 6 nitrogen and oxygen atoms in total. The van der Waals surface area contributed by atoms with Crippen LogP contribution in [-0.4, -0.2) is 29.3 Å². The molecule has 6 heteroatoms. The average molecular weight is 300 g/mol. The number of nitrogens with zero attached hydrogens (tertiary/aromatic N) is 2. The summed E-state index contributed by atoms with van der Waals surface area (Å²) in [6.07, 6.45) is 0.871. The third kappa shape index (κ3) is 4.18. The number of methoxy groups -OCH3 is 1. The van der Waals surface area contributed by atoms with E-state index in [0.717, 1.165) is 17.9 Å². The fraction of sp³-hybridized carbons (Fsp3) is 0.312.